The van der Waals surface area contributed by atoms with E-state index in [4.69, 9.17) is 0 Å². The van der Waals surface area contributed by atoms with Crippen LogP contribution in [-0.2, 0) is 15.6 Å². The molecule has 1 unspecified atom stereocenters. The van der Waals surface area contributed by atoms with Gasteiger partial charge in [0.05, 0.1) is 16.6 Å². The third-order valence-corrected chi connectivity index (χ3v) is 4.07. The molecule has 0 spiro atoms. The molecule has 0 radical (unpaired) electrons. The normalized spacial score (nSPS) is 12.8. The third-order valence-electron chi connectivity index (χ3n) is 3.06. The summed E-state index contributed by atoms with van der Waals surface area (Å²) in [6.07, 6.45) is 3.36. The van der Waals surface area contributed by atoms with Crippen LogP contribution in [0.3, 0.4) is 0 Å². The Morgan fingerprint density at radius 2 is 1.40 bits per heavy atom. The number of allylic oxidation sites excluding steroid dienone is 1. The fourth-order valence-corrected chi connectivity index (χ4v) is 2.61. The fraction of sp³-hybridized carbons (Fsp3) is 0.0556. The minimum Gasteiger partial charge on any atom is -0.294 e. The van der Waals surface area contributed by atoms with Crippen molar-refractivity contribution >= 4 is 28.7 Å². The van der Waals surface area contributed by atoms with E-state index in [2.05, 4.69) is 0 Å². The molecular formula is C18H12F4O2S. The molecule has 2 nitrogen and oxygen atoms in total. The first kappa shape index (κ1) is 18.8. The lowest BCUT2D eigenvalue weighted by molar-refractivity contribution is -0.112. The molecular weight excluding hydrogens is 356 g/mol. The predicted molar refractivity (Wildman–Crippen MR) is 88.8 cm³/mol. The van der Waals surface area contributed by atoms with Crippen molar-refractivity contribution in [2.24, 2.45) is 0 Å². The van der Waals surface area contributed by atoms with Crippen molar-refractivity contribution < 1.29 is 26.6 Å². The molecule has 25 heavy (non-hydrogen) atoms. The molecule has 0 aliphatic heterocycles. The summed E-state index contributed by atoms with van der Waals surface area (Å²) in [5.74, 6) is -4.04. The molecule has 130 valence electrons. The largest absolute Gasteiger partial charge is 0.294 e. The number of hydrogen-bond acceptors (Lipinski definition) is 2. The van der Waals surface area contributed by atoms with Crippen LogP contribution in [-0.4, -0.2) is 15.7 Å². The van der Waals surface area contributed by atoms with E-state index in [0.29, 0.717) is 12.1 Å². The number of rotatable bonds is 6. The number of carbonyl (C=O) groups is 1. The van der Waals surface area contributed by atoms with Gasteiger partial charge in [-0.3, -0.25) is 9.00 Å². The van der Waals surface area contributed by atoms with E-state index in [9.17, 15) is 26.6 Å². The molecule has 0 heterocycles. The van der Waals surface area contributed by atoms with E-state index in [0.717, 1.165) is 29.7 Å². The van der Waals surface area contributed by atoms with Crippen molar-refractivity contribution in [2.75, 3.05) is 5.75 Å². The van der Waals surface area contributed by atoms with Gasteiger partial charge in [0.25, 0.3) is 0 Å². The highest BCUT2D eigenvalue weighted by atomic mass is 32.2. The summed E-state index contributed by atoms with van der Waals surface area (Å²) in [5.41, 5.74) is 0.0515. The topological polar surface area (TPSA) is 34.1 Å². The molecule has 0 bridgehead atoms. The molecule has 0 aliphatic carbocycles. The Hall–Kier alpha value is -2.54. The Labute approximate surface area is 143 Å². The molecule has 0 aliphatic rings. The average Bonchev–Trinajstić information content (AvgIpc) is 2.53. The zero-order chi connectivity index (χ0) is 18.4. The number of halogens is 4. The average molecular weight is 368 g/mol. The van der Waals surface area contributed by atoms with Crippen molar-refractivity contribution in [1.82, 2.24) is 0 Å². The smallest absolute Gasteiger partial charge is 0.168 e. The molecule has 0 N–H and O–H groups in total. The molecule has 1 atom stereocenters. The molecule has 0 saturated carbocycles. The van der Waals surface area contributed by atoms with Gasteiger partial charge in [-0.15, -0.1) is 0 Å². The number of carbonyl (C=O) groups excluding carboxylic acids is 1. The van der Waals surface area contributed by atoms with Crippen LogP contribution in [0, 0.1) is 23.3 Å². The SMILES string of the molecule is O=C(/C=C/c1ccc(F)cc1F)CS(=O)/C=C\c1ccc(F)cc1F. The van der Waals surface area contributed by atoms with Crippen LogP contribution in [0.2, 0.25) is 0 Å². The highest BCUT2D eigenvalue weighted by Crippen LogP contribution is 2.12. The van der Waals surface area contributed by atoms with Crippen molar-refractivity contribution in [3.63, 3.8) is 0 Å². The summed E-state index contributed by atoms with van der Waals surface area (Å²) >= 11 is 0. The number of ketones is 1. The lowest BCUT2D eigenvalue weighted by Gasteiger charge is -1.98. The van der Waals surface area contributed by atoms with Crippen LogP contribution >= 0.6 is 0 Å². The van der Waals surface area contributed by atoms with Gasteiger partial charge in [0.15, 0.2) is 5.78 Å². The van der Waals surface area contributed by atoms with Crippen LogP contribution < -0.4 is 0 Å². The van der Waals surface area contributed by atoms with Crippen molar-refractivity contribution in [1.29, 1.82) is 0 Å². The Bertz CT molecular complexity index is 804. The van der Waals surface area contributed by atoms with Crippen molar-refractivity contribution in [3.8, 4) is 0 Å². The molecule has 2 rings (SSSR count). The molecule has 0 saturated heterocycles. The van der Waals surface area contributed by atoms with Crippen LogP contribution in [0.1, 0.15) is 11.1 Å². The summed E-state index contributed by atoms with van der Waals surface area (Å²) < 4.78 is 64.1. The summed E-state index contributed by atoms with van der Waals surface area (Å²) in [7, 11) is -1.73. The zero-order valence-electron chi connectivity index (χ0n) is 12.7. The minimum atomic E-state index is -1.73. The van der Waals surface area contributed by atoms with E-state index in [1.54, 1.807) is 0 Å². The Morgan fingerprint density at radius 3 is 1.92 bits per heavy atom. The summed E-state index contributed by atoms with van der Waals surface area (Å²) in [6.45, 7) is 0. The van der Waals surface area contributed by atoms with Gasteiger partial charge in [-0.05, 0) is 42.5 Å². The van der Waals surface area contributed by atoms with Gasteiger partial charge >= 0.3 is 0 Å². The highest BCUT2D eigenvalue weighted by Gasteiger charge is 2.05. The van der Waals surface area contributed by atoms with Gasteiger partial charge in [0.2, 0.25) is 0 Å². The lowest BCUT2D eigenvalue weighted by Crippen LogP contribution is -2.05. The van der Waals surface area contributed by atoms with Crippen LogP contribution in [0.25, 0.3) is 12.2 Å². The van der Waals surface area contributed by atoms with Crippen LogP contribution in [0.5, 0.6) is 0 Å². The first-order chi connectivity index (χ1) is 11.8. The number of benzene rings is 2. The summed E-state index contributed by atoms with van der Waals surface area (Å²) in [6, 6.07) is 5.82. The fourth-order valence-electron chi connectivity index (χ4n) is 1.84. The van der Waals surface area contributed by atoms with Gasteiger partial charge in [0, 0.05) is 28.7 Å². The molecule has 0 aromatic heterocycles. The van der Waals surface area contributed by atoms with Crippen molar-refractivity contribution in [2.45, 2.75) is 0 Å². The van der Waals surface area contributed by atoms with E-state index in [1.807, 2.05) is 0 Å². The number of hydrogen-bond donors (Lipinski definition) is 0. The maximum absolute atomic E-state index is 13.4. The lowest BCUT2D eigenvalue weighted by atomic mass is 10.2. The zero-order valence-corrected chi connectivity index (χ0v) is 13.5. The molecule has 2 aromatic rings. The van der Waals surface area contributed by atoms with Gasteiger partial charge in [-0.2, -0.15) is 0 Å². The maximum Gasteiger partial charge on any atom is 0.168 e. The predicted octanol–water partition coefficient (Wildman–Crippen LogP) is 4.24. The van der Waals surface area contributed by atoms with Gasteiger partial charge < -0.3 is 0 Å². The molecule has 0 fully saturated rings. The monoisotopic (exact) mass is 368 g/mol. The molecule has 0 amide bonds. The van der Waals surface area contributed by atoms with E-state index in [1.165, 1.54) is 18.2 Å². The molecule has 2 aromatic carbocycles. The highest BCUT2D eigenvalue weighted by molar-refractivity contribution is 7.88. The standard InChI is InChI=1S/C18H12F4O2S/c19-14-4-1-12(17(21)9-14)3-6-16(23)11-25(24)8-7-13-2-5-15(20)10-18(13)22/h1-10H,11H2/b6-3+,8-7-. The van der Waals surface area contributed by atoms with E-state index in [-0.39, 0.29) is 11.1 Å². The Morgan fingerprint density at radius 1 is 0.880 bits per heavy atom. The van der Waals surface area contributed by atoms with E-state index < -0.39 is 45.6 Å². The molecule has 7 heteroatoms. The third kappa shape index (κ3) is 5.79. The first-order valence-electron chi connectivity index (χ1n) is 7.01. The van der Waals surface area contributed by atoms with E-state index >= 15 is 0 Å². The second-order valence-corrected chi connectivity index (χ2v) is 6.28. The quantitative estimate of drug-likeness (QED) is 0.564. The summed E-state index contributed by atoms with van der Waals surface area (Å²) in [5, 5.41) is 1.11. The maximum atomic E-state index is 13.4. The summed E-state index contributed by atoms with van der Waals surface area (Å²) in [4.78, 5) is 11.7. The van der Waals surface area contributed by atoms with Gasteiger partial charge in [-0.25, -0.2) is 17.6 Å². The van der Waals surface area contributed by atoms with Crippen molar-refractivity contribution in [3.05, 3.63) is 82.3 Å². The minimum absolute atomic E-state index is 0.0180. The van der Waals surface area contributed by atoms with Gasteiger partial charge in [-0.1, -0.05) is 0 Å². The first-order valence-corrected chi connectivity index (χ1v) is 8.40. The van der Waals surface area contributed by atoms with Crippen LogP contribution in [0.4, 0.5) is 17.6 Å². The Balaban J connectivity index is 1.96. The second-order valence-electron chi connectivity index (χ2n) is 4.96. The van der Waals surface area contributed by atoms with Crippen LogP contribution in [0.15, 0.2) is 47.9 Å². The Kier molecular flexibility index (Phi) is 6.41. The second kappa shape index (κ2) is 8.53. The van der Waals surface area contributed by atoms with Gasteiger partial charge in [0.1, 0.15) is 23.3 Å².